The molecule has 2 bridgehead atoms. The SMILES string of the molecule is Nc1cc(N)cc(-c2nc(C3CC4CCC3O4)no2)c1. The Hall–Kier alpha value is -2.08. The summed E-state index contributed by atoms with van der Waals surface area (Å²) in [4.78, 5) is 4.49. The first-order chi connectivity index (χ1) is 9.69. The summed E-state index contributed by atoms with van der Waals surface area (Å²) in [6, 6.07) is 5.26. The number of rotatable bonds is 2. The molecule has 2 aromatic rings. The Morgan fingerprint density at radius 1 is 1.10 bits per heavy atom. The minimum atomic E-state index is 0.247. The van der Waals surface area contributed by atoms with E-state index in [2.05, 4.69) is 10.1 Å². The second-order valence-corrected chi connectivity index (χ2v) is 5.56. The van der Waals surface area contributed by atoms with Gasteiger partial charge in [-0.3, -0.25) is 0 Å². The molecule has 0 amide bonds. The lowest BCUT2D eigenvalue weighted by atomic mass is 9.89. The first-order valence-corrected chi connectivity index (χ1v) is 6.84. The fraction of sp³-hybridized carbons (Fsp3) is 0.429. The second-order valence-electron chi connectivity index (χ2n) is 5.56. The smallest absolute Gasteiger partial charge is 0.258 e. The van der Waals surface area contributed by atoms with E-state index in [1.807, 2.05) is 0 Å². The standard InChI is InChI=1S/C14H16N4O2/c15-8-3-7(4-9(16)5-8)14-17-13(18-20-14)11-6-10-1-2-12(11)19-10/h3-5,10-12H,1-2,6,15-16H2. The van der Waals surface area contributed by atoms with Gasteiger partial charge in [0.1, 0.15) is 0 Å². The van der Waals surface area contributed by atoms with Crippen molar-refractivity contribution in [2.45, 2.75) is 37.4 Å². The highest BCUT2D eigenvalue weighted by molar-refractivity contribution is 5.67. The molecule has 104 valence electrons. The lowest BCUT2D eigenvalue weighted by Crippen LogP contribution is -2.15. The summed E-state index contributed by atoms with van der Waals surface area (Å²) in [6.07, 6.45) is 3.84. The van der Waals surface area contributed by atoms with Gasteiger partial charge in [0.2, 0.25) is 0 Å². The number of nitrogens with two attached hydrogens (primary N) is 2. The molecule has 3 heterocycles. The normalized spacial score (nSPS) is 28.1. The molecular weight excluding hydrogens is 256 g/mol. The van der Waals surface area contributed by atoms with Crippen molar-refractivity contribution in [3.8, 4) is 11.5 Å². The summed E-state index contributed by atoms with van der Waals surface area (Å²) in [6.45, 7) is 0. The van der Waals surface area contributed by atoms with Gasteiger partial charge in [0.25, 0.3) is 5.89 Å². The largest absolute Gasteiger partial charge is 0.399 e. The van der Waals surface area contributed by atoms with Crippen LogP contribution in [0.25, 0.3) is 11.5 Å². The molecule has 2 saturated heterocycles. The van der Waals surface area contributed by atoms with Crippen LogP contribution in [-0.4, -0.2) is 22.3 Å². The van der Waals surface area contributed by atoms with Crippen molar-refractivity contribution >= 4 is 11.4 Å². The van der Waals surface area contributed by atoms with Crippen LogP contribution in [0.1, 0.15) is 31.0 Å². The molecule has 0 aliphatic carbocycles. The molecule has 3 atom stereocenters. The number of benzene rings is 1. The molecule has 0 saturated carbocycles. The molecular formula is C14H16N4O2. The Morgan fingerprint density at radius 3 is 2.55 bits per heavy atom. The number of nitrogen functional groups attached to an aromatic ring is 2. The molecule has 20 heavy (non-hydrogen) atoms. The maximum absolute atomic E-state index is 5.83. The third-order valence-corrected chi connectivity index (χ3v) is 4.10. The molecule has 2 aliphatic rings. The van der Waals surface area contributed by atoms with Crippen molar-refractivity contribution in [3.63, 3.8) is 0 Å². The van der Waals surface area contributed by atoms with Gasteiger partial charge in [-0.15, -0.1) is 0 Å². The van der Waals surface area contributed by atoms with Gasteiger partial charge in [-0.05, 0) is 37.5 Å². The lowest BCUT2D eigenvalue weighted by molar-refractivity contribution is 0.0996. The van der Waals surface area contributed by atoms with E-state index in [-0.39, 0.29) is 12.0 Å². The minimum Gasteiger partial charge on any atom is -0.399 e. The van der Waals surface area contributed by atoms with Crippen LogP contribution in [0.5, 0.6) is 0 Å². The van der Waals surface area contributed by atoms with Crippen LogP contribution < -0.4 is 11.5 Å². The van der Waals surface area contributed by atoms with Crippen molar-refractivity contribution in [1.82, 2.24) is 10.1 Å². The van der Waals surface area contributed by atoms with E-state index < -0.39 is 0 Å². The summed E-state index contributed by atoms with van der Waals surface area (Å²) >= 11 is 0. The predicted octanol–water partition coefficient (Wildman–Crippen LogP) is 1.94. The van der Waals surface area contributed by atoms with Crippen molar-refractivity contribution in [3.05, 3.63) is 24.0 Å². The van der Waals surface area contributed by atoms with Gasteiger partial charge < -0.3 is 20.7 Å². The zero-order valence-corrected chi connectivity index (χ0v) is 11.0. The van der Waals surface area contributed by atoms with E-state index in [1.54, 1.807) is 18.2 Å². The molecule has 6 nitrogen and oxygen atoms in total. The summed E-state index contributed by atoms with van der Waals surface area (Å²) in [5, 5.41) is 4.10. The van der Waals surface area contributed by atoms with Gasteiger partial charge in [0.05, 0.1) is 18.1 Å². The van der Waals surface area contributed by atoms with Crippen LogP contribution in [0, 0.1) is 0 Å². The third-order valence-electron chi connectivity index (χ3n) is 4.10. The molecule has 1 aromatic heterocycles. The highest BCUT2D eigenvalue weighted by Crippen LogP contribution is 2.43. The van der Waals surface area contributed by atoms with Gasteiger partial charge in [-0.25, -0.2) is 0 Å². The number of fused-ring (bicyclic) bond motifs is 2. The number of nitrogens with zero attached hydrogens (tertiary/aromatic N) is 2. The monoisotopic (exact) mass is 272 g/mol. The number of aromatic nitrogens is 2. The Bertz CT molecular complexity index is 634. The van der Waals surface area contributed by atoms with Gasteiger partial charge >= 0.3 is 0 Å². The van der Waals surface area contributed by atoms with E-state index >= 15 is 0 Å². The predicted molar refractivity (Wildman–Crippen MR) is 73.8 cm³/mol. The van der Waals surface area contributed by atoms with Crippen LogP contribution in [0.15, 0.2) is 22.7 Å². The van der Waals surface area contributed by atoms with E-state index in [1.165, 1.54) is 0 Å². The lowest BCUT2D eigenvalue weighted by Gasteiger charge is -2.13. The number of hydrogen-bond acceptors (Lipinski definition) is 6. The van der Waals surface area contributed by atoms with E-state index in [9.17, 15) is 0 Å². The van der Waals surface area contributed by atoms with Crippen molar-refractivity contribution in [2.24, 2.45) is 0 Å². The third kappa shape index (κ3) is 1.84. The zero-order chi connectivity index (χ0) is 13.7. The summed E-state index contributed by atoms with van der Waals surface area (Å²) in [7, 11) is 0. The van der Waals surface area contributed by atoms with E-state index in [4.69, 9.17) is 20.7 Å². The van der Waals surface area contributed by atoms with Crippen LogP contribution in [0.3, 0.4) is 0 Å². The molecule has 6 heteroatoms. The van der Waals surface area contributed by atoms with Crippen molar-refractivity contribution < 1.29 is 9.26 Å². The second kappa shape index (κ2) is 4.21. The Morgan fingerprint density at radius 2 is 1.90 bits per heavy atom. The Kier molecular flexibility index (Phi) is 2.47. The molecule has 0 spiro atoms. The van der Waals surface area contributed by atoms with Crippen LogP contribution in [-0.2, 0) is 4.74 Å². The van der Waals surface area contributed by atoms with Gasteiger partial charge in [-0.1, -0.05) is 5.16 Å². The topological polar surface area (TPSA) is 100 Å². The van der Waals surface area contributed by atoms with Crippen molar-refractivity contribution in [2.75, 3.05) is 11.5 Å². The molecule has 1 aromatic carbocycles. The minimum absolute atomic E-state index is 0.247. The quantitative estimate of drug-likeness (QED) is 0.810. The molecule has 2 aliphatic heterocycles. The fourth-order valence-corrected chi connectivity index (χ4v) is 3.21. The molecule has 3 unspecified atom stereocenters. The average Bonchev–Trinajstić information content (AvgIpc) is 3.13. The Labute approximate surface area is 116 Å². The zero-order valence-electron chi connectivity index (χ0n) is 11.0. The molecule has 4 rings (SSSR count). The highest BCUT2D eigenvalue weighted by Gasteiger charge is 2.43. The van der Waals surface area contributed by atoms with Gasteiger partial charge in [0.15, 0.2) is 5.82 Å². The fourth-order valence-electron chi connectivity index (χ4n) is 3.21. The number of hydrogen-bond donors (Lipinski definition) is 2. The maximum Gasteiger partial charge on any atom is 0.258 e. The summed E-state index contributed by atoms with van der Waals surface area (Å²) in [5.74, 6) is 1.44. The van der Waals surface area contributed by atoms with Crippen LogP contribution in [0.2, 0.25) is 0 Å². The number of ether oxygens (including phenoxy) is 1. The summed E-state index contributed by atoms with van der Waals surface area (Å²) in [5.41, 5.74) is 13.5. The maximum atomic E-state index is 5.83. The Balaban J connectivity index is 1.65. The highest BCUT2D eigenvalue weighted by atomic mass is 16.5. The van der Waals surface area contributed by atoms with Gasteiger partial charge in [-0.2, -0.15) is 4.98 Å². The van der Waals surface area contributed by atoms with E-state index in [0.717, 1.165) is 30.7 Å². The van der Waals surface area contributed by atoms with Gasteiger partial charge in [0, 0.05) is 16.9 Å². The average molecular weight is 272 g/mol. The summed E-state index contributed by atoms with van der Waals surface area (Å²) < 4.78 is 11.2. The van der Waals surface area contributed by atoms with E-state index in [0.29, 0.717) is 23.4 Å². The van der Waals surface area contributed by atoms with Crippen LogP contribution in [0.4, 0.5) is 11.4 Å². The van der Waals surface area contributed by atoms with Crippen molar-refractivity contribution in [1.29, 1.82) is 0 Å². The molecule has 0 radical (unpaired) electrons. The molecule has 4 N–H and O–H groups in total. The number of anilines is 2. The molecule has 2 fully saturated rings. The first kappa shape index (κ1) is 11.7. The first-order valence-electron chi connectivity index (χ1n) is 6.84. The van der Waals surface area contributed by atoms with Crippen LogP contribution >= 0.6 is 0 Å².